The van der Waals surface area contributed by atoms with Crippen LogP contribution in [0.4, 0.5) is 8.78 Å². The zero-order chi connectivity index (χ0) is 17.2. The molecular formula is C15H15F2N3O3S. The van der Waals surface area contributed by atoms with Crippen LogP contribution in [0.2, 0.25) is 0 Å². The van der Waals surface area contributed by atoms with E-state index < -0.39 is 26.6 Å². The Hall–Kier alpha value is -2.13. The lowest BCUT2D eigenvalue weighted by Gasteiger charge is -2.31. The number of aromatic nitrogens is 2. The second-order valence-electron chi connectivity index (χ2n) is 5.36. The van der Waals surface area contributed by atoms with Crippen LogP contribution in [-0.2, 0) is 10.0 Å². The van der Waals surface area contributed by atoms with Gasteiger partial charge in [0.15, 0.2) is 0 Å². The van der Waals surface area contributed by atoms with Crippen LogP contribution in [0.15, 0.2) is 41.4 Å². The maximum atomic E-state index is 13.8. The zero-order valence-corrected chi connectivity index (χ0v) is 13.4. The molecule has 0 saturated carbocycles. The molecule has 2 heterocycles. The van der Waals surface area contributed by atoms with E-state index in [1.807, 2.05) is 0 Å². The van der Waals surface area contributed by atoms with Gasteiger partial charge in [-0.1, -0.05) is 0 Å². The third kappa shape index (κ3) is 3.51. The lowest BCUT2D eigenvalue weighted by atomic mass is 10.1. The molecule has 6 nitrogen and oxygen atoms in total. The standard InChI is InChI=1S/C15H15F2N3O3S/c16-11-3-4-13(17)14(10-11)24(21,22)20-8-5-12(6-9-20)23-15-2-1-7-18-19-15/h1-4,7,10,12H,5-6,8-9H2. The molecule has 1 saturated heterocycles. The molecule has 0 amide bonds. The minimum Gasteiger partial charge on any atom is -0.473 e. The molecule has 1 aliphatic rings. The summed E-state index contributed by atoms with van der Waals surface area (Å²) in [5, 5.41) is 7.52. The summed E-state index contributed by atoms with van der Waals surface area (Å²) in [5.74, 6) is -1.39. The van der Waals surface area contributed by atoms with Crippen molar-refractivity contribution in [1.82, 2.24) is 14.5 Å². The summed E-state index contributed by atoms with van der Waals surface area (Å²) in [6.45, 7) is 0.312. The quantitative estimate of drug-likeness (QED) is 0.839. The van der Waals surface area contributed by atoms with Gasteiger partial charge in [0.2, 0.25) is 15.9 Å². The van der Waals surface area contributed by atoms with Gasteiger partial charge in [0.05, 0.1) is 0 Å². The number of ether oxygens (including phenoxy) is 1. The SMILES string of the molecule is O=S(=O)(c1cc(F)ccc1F)N1CCC(Oc2cccnn2)CC1. The maximum absolute atomic E-state index is 13.8. The Morgan fingerprint density at radius 3 is 2.58 bits per heavy atom. The van der Waals surface area contributed by atoms with Crippen LogP contribution < -0.4 is 4.74 Å². The van der Waals surface area contributed by atoms with Crippen LogP contribution in [-0.4, -0.2) is 42.1 Å². The Morgan fingerprint density at radius 2 is 1.92 bits per heavy atom. The minimum atomic E-state index is -4.08. The molecule has 0 atom stereocenters. The highest BCUT2D eigenvalue weighted by Crippen LogP contribution is 2.25. The summed E-state index contributed by atoms with van der Waals surface area (Å²) in [6.07, 6.45) is 2.17. The van der Waals surface area contributed by atoms with Crippen molar-refractivity contribution in [2.75, 3.05) is 13.1 Å². The van der Waals surface area contributed by atoms with Crippen molar-refractivity contribution in [3.63, 3.8) is 0 Å². The van der Waals surface area contributed by atoms with Crippen LogP contribution in [0.1, 0.15) is 12.8 Å². The molecule has 0 bridgehead atoms. The van der Waals surface area contributed by atoms with Gasteiger partial charge in [-0.2, -0.15) is 9.40 Å². The van der Waals surface area contributed by atoms with E-state index in [1.54, 1.807) is 12.1 Å². The first-order valence-corrected chi connectivity index (χ1v) is 8.80. The number of piperidine rings is 1. The third-order valence-corrected chi connectivity index (χ3v) is 5.66. The predicted octanol–water partition coefficient (Wildman–Crippen LogP) is 1.99. The molecule has 1 aromatic heterocycles. The summed E-state index contributed by atoms with van der Waals surface area (Å²) in [5.41, 5.74) is 0. The van der Waals surface area contributed by atoms with E-state index in [4.69, 9.17) is 4.74 Å². The third-order valence-electron chi connectivity index (χ3n) is 3.75. The van der Waals surface area contributed by atoms with E-state index in [9.17, 15) is 17.2 Å². The maximum Gasteiger partial charge on any atom is 0.246 e. The molecule has 1 aliphatic heterocycles. The fourth-order valence-corrected chi connectivity index (χ4v) is 4.07. The summed E-state index contributed by atoms with van der Waals surface area (Å²) in [6, 6.07) is 5.75. The number of rotatable bonds is 4. The average Bonchev–Trinajstić information content (AvgIpc) is 2.58. The summed E-state index contributed by atoms with van der Waals surface area (Å²) in [7, 11) is -4.08. The fourth-order valence-electron chi connectivity index (χ4n) is 2.53. The Balaban J connectivity index is 1.68. The number of sulfonamides is 1. The largest absolute Gasteiger partial charge is 0.473 e. The lowest BCUT2D eigenvalue weighted by molar-refractivity contribution is 0.128. The molecule has 0 N–H and O–H groups in total. The molecule has 0 radical (unpaired) electrons. The smallest absolute Gasteiger partial charge is 0.246 e. The van der Waals surface area contributed by atoms with Crippen molar-refractivity contribution >= 4 is 10.0 Å². The zero-order valence-electron chi connectivity index (χ0n) is 12.6. The van der Waals surface area contributed by atoms with E-state index in [-0.39, 0.29) is 19.2 Å². The Morgan fingerprint density at radius 1 is 1.17 bits per heavy atom. The number of nitrogens with zero attached hydrogens (tertiary/aromatic N) is 3. The molecule has 2 aromatic rings. The van der Waals surface area contributed by atoms with Gasteiger partial charge < -0.3 is 4.74 Å². The first-order chi connectivity index (χ1) is 11.5. The first-order valence-electron chi connectivity index (χ1n) is 7.36. The van der Waals surface area contributed by atoms with Crippen LogP contribution in [0.5, 0.6) is 5.88 Å². The van der Waals surface area contributed by atoms with Crippen LogP contribution in [0, 0.1) is 11.6 Å². The molecule has 1 fully saturated rings. The summed E-state index contributed by atoms with van der Waals surface area (Å²) in [4.78, 5) is -0.643. The Bertz CT molecular complexity index is 810. The molecular weight excluding hydrogens is 340 g/mol. The Labute approximate surface area is 138 Å². The van der Waals surface area contributed by atoms with Gasteiger partial charge in [-0.25, -0.2) is 17.2 Å². The predicted molar refractivity (Wildman–Crippen MR) is 80.8 cm³/mol. The monoisotopic (exact) mass is 355 g/mol. The lowest BCUT2D eigenvalue weighted by Crippen LogP contribution is -2.42. The summed E-state index contributed by atoms with van der Waals surface area (Å²) >= 11 is 0. The second kappa shape index (κ2) is 6.78. The molecule has 128 valence electrons. The normalized spacial score (nSPS) is 16.9. The van der Waals surface area contributed by atoms with Gasteiger partial charge in [0.1, 0.15) is 22.6 Å². The molecule has 9 heteroatoms. The van der Waals surface area contributed by atoms with Gasteiger partial charge in [0, 0.05) is 25.4 Å². The molecule has 0 aliphatic carbocycles. The average molecular weight is 355 g/mol. The van der Waals surface area contributed by atoms with Crippen molar-refractivity contribution in [3.8, 4) is 5.88 Å². The number of hydrogen-bond acceptors (Lipinski definition) is 5. The molecule has 0 spiro atoms. The molecule has 0 unspecified atom stereocenters. The van der Waals surface area contributed by atoms with Crippen LogP contribution >= 0.6 is 0 Å². The molecule has 1 aromatic carbocycles. The van der Waals surface area contributed by atoms with Gasteiger partial charge >= 0.3 is 0 Å². The van der Waals surface area contributed by atoms with Gasteiger partial charge in [-0.15, -0.1) is 5.10 Å². The van der Waals surface area contributed by atoms with Crippen molar-refractivity contribution in [2.24, 2.45) is 0 Å². The topological polar surface area (TPSA) is 72.4 Å². The van der Waals surface area contributed by atoms with Crippen molar-refractivity contribution in [1.29, 1.82) is 0 Å². The first kappa shape index (κ1) is 16.7. The minimum absolute atomic E-state index is 0.156. The number of halogens is 2. The fraction of sp³-hybridized carbons (Fsp3) is 0.333. The molecule has 24 heavy (non-hydrogen) atoms. The number of hydrogen-bond donors (Lipinski definition) is 0. The van der Waals surface area contributed by atoms with Crippen LogP contribution in [0.3, 0.4) is 0 Å². The number of benzene rings is 1. The van der Waals surface area contributed by atoms with Gasteiger partial charge in [-0.05, 0) is 37.1 Å². The molecule has 3 rings (SSSR count). The second-order valence-corrected chi connectivity index (χ2v) is 7.26. The van der Waals surface area contributed by atoms with Crippen LogP contribution in [0.25, 0.3) is 0 Å². The van der Waals surface area contributed by atoms with Crippen molar-refractivity contribution in [3.05, 3.63) is 48.2 Å². The van der Waals surface area contributed by atoms with Crippen molar-refractivity contribution < 1.29 is 21.9 Å². The summed E-state index contributed by atoms with van der Waals surface area (Å²) < 4.78 is 58.8. The highest BCUT2D eigenvalue weighted by Gasteiger charge is 2.32. The highest BCUT2D eigenvalue weighted by molar-refractivity contribution is 7.89. The highest BCUT2D eigenvalue weighted by atomic mass is 32.2. The van der Waals surface area contributed by atoms with E-state index in [2.05, 4.69) is 10.2 Å². The Kier molecular flexibility index (Phi) is 4.72. The van der Waals surface area contributed by atoms with Crippen molar-refractivity contribution in [2.45, 2.75) is 23.8 Å². The van der Waals surface area contributed by atoms with Gasteiger partial charge in [-0.3, -0.25) is 0 Å². The van der Waals surface area contributed by atoms with E-state index in [0.717, 1.165) is 16.4 Å². The van der Waals surface area contributed by atoms with E-state index in [0.29, 0.717) is 24.8 Å². The van der Waals surface area contributed by atoms with E-state index in [1.165, 1.54) is 6.20 Å². The van der Waals surface area contributed by atoms with Gasteiger partial charge in [0.25, 0.3) is 0 Å². The van der Waals surface area contributed by atoms with E-state index >= 15 is 0 Å².